The van der Waals surface area contributed by atoms with E-state index in [4.69, 9.17) is 11.6 Å². The summed E-state index contributed by atoms with van der Waals surface area (Å²) in [5.74, 6) is 0.786. The standard InChI is InChI=1S/C19H22ClN/c1-21-19(12-14-5-2-10-18(20)11-14)17-9-4-8-16(13-17)15-6-3-7-15/h2,4-5,8-11,13,15,19,21H,3,6-7,12H2,1H3. The molecule has 110 valence electrons. The number of halogens is 1. The van der Waals surface area contributed by atoms with Crippen LogP contribution in [-0.2, 0) is 6.42 Å². The molecule has 1 aliphatic rings. The monoisotopic (exact) mass is 299 g/mol. The number of rotatable bonds is 5. The number of likely N-dealkylation sites (N-methyl/N-ethyl adjacent to an activating group) is 1. The molecule has 2 aromatic rings. The SMILES string of the molecule is CNC(Cc1cccc(Cl)c1)c1cccc(C2CCC2)c1. The average Bonchev–Trinajstić information content (AvgIpc) is 2.43. The van der Waals surface area contributed by atoms with Crippen LogP contribution in [0, 0.1) is 0 Å². The van der Waals surface area contributed by atoms with Crippen molar-refractivity contribution in [2.24, 2.45) is 0 Å². The molecule has 0 aliphatic heterocycles. The van der Waals surface area contributed by atoms with E-state index in [0.717, 1.165) is 17.4 Å². The Bertz CT molecular complexity index is 604. The maximum absolute atomic E-state index is 6.09. The fourth-order valence-corrected chi connectivity index (χ4v) is 3.27. The Labute approximate surface area is 132 Å². The first-order valence-electron chi connectivity index (χ1n) is 7.78. The van der Waals surface area contributed by atoms with Crippen molar-refractivity contribution >= 4 is 11.6 Å². The highest BCUT2D eigenvalue weighted by atomic mass is 35.5. The molecule has 1 atom stereocenters. The molecule has 0 spiro atoms. The third-order valence-corrected chi connectivity index (χ3v) is 4.80. The van der Waals surface area contributed by atoms with E-state index < -0.39 is 0 Å². The molecular weight excluding hydrogens is 278 g/mol. The molecule has 1 unspecified atom stereocenters. The second kappa shape index (κ2) is 6.64. The van der Waals surface area contributed by atoms with Gasteiger partial charge in [0.25, 0.3) is 0 Å². The summed E-state index contributed by atoms with van der Waals surface area (Å²) < 4.78 is 0. The second-order valence-electron chi connectivity index (χ2n) is 5.97. The van der Waals surface area contributed by atoms with Crippen LogP contribution in [0.25, 0.3) is 0 Å². The maximum atomic E-state index is 6.09. The zero-order chi connectivity index (χ0) is 14.7. The Morgan fingerprint density at radius 3 is 2.62 bits per heavy atom. The maximum Gasteiger partial charge on any atom is 0.0408 e. The van der Waals surface area contributed by atoms with Gasteiger partial charge in [-0.3, -0.25) is 0 Å². The molecule has 0 heterocycles. The Morgan fingerprint density at radius 2 is 1.95 bits per heavy atom. The van der Waals surface area contributed by atoms with Crippen LogP contribution in [-0.4, -0.2) is 7.05 Å². The normalized spacial score (nSPS) is 16.5. The van der Waals surface area contributed by atoms with E-state index >= 15 is 0 Å². The van der Waals surface area contributed by atoms with E-state index in [1.165, 1.54) is 36.0 Å². The van der Waals surface area contributed by atoms with Gasteiger partial charge in [-0.15, -0.1) is 0 Å². The van der Waals surface area contributed by atoms with Gasteiger partial charge in [-0.1, -0.05) is 54.4 Å². The van der Waals surface area contributed by atoms with Gasteiger partial charge in [0.15, 0.2) is 0 Å². The molecular formula is C19H22ClN. The zero-order valence-electron chi connectivity index (χ0n) is 12.5. The molecule has 1 fully saturated rings. The van der Waals surface area contributed by atoms with Gasteiger partial charge >= 0.3 is 0 Å². The molecule has 2 heteroatoms. The molecule has 1 nitrogen and oxygen atoms in total. The lowest BCUT2D eigenvalue weighted by Crippen LogP contribution is -2.19. The van der Waals surface area contributed by atoms with Crippen LogP contribution in [0.4, 0.5) is 0 Å². The van der Waals surface area contributed by atoms with E-state index in [9.17, 15) is 0 Å². The molecule has 0 amide bonds. The first-order valence-corrected chi connectivity index (χ1v) is 8.15. The fraction of sp³-hybridized carbons (Fsp3) is 0.368. The summed E-state index contributed by atoms with van der Waals surface area (Å²) in [5.41, 5.74) is 4.16. The molecule has 1 N–H and O–H groups in total. The fourth-order valence-electron chi connectivity index (χ4n) is 3.06. The largest absolute Gasteiger partial charge is 0.313 e. The summed E-state index contributed by atoms with van der Waals surface area (Å²) in [5, 5.41) is 4.26. The van der Waals surface area contributed by atoms with Crippen molar-refractivity contribution < 1.29 is 0 Å². The van der Waals surface area contributed by atoms with Crippen molar-refractivity contribution in [2.75, 3.05) is 7.05 Å². The Morgan fingerprint density at radius 1 is 1.14 bits per heavy atom. The Hall–Kier alpha value is -1.31. The van der Waals surface area contributed by atoms with Crippen molar-refractivity contribution in [3.8, 4) is 0 Å². The lowest BCUT2D eigenvalue weighted by molar-refractivity contribution is 0.419. The lowest BCUT2D eigenvalue weighted by atomic mass is 9.79. The van der Waals surface area contributed by atoms with Crippen molar-refractivity contribution in [1.29, 1.82) is 0 Å². The Kier molecular flexibility index (Phi) is 4.62. The van der Waals surface area contributed by atoms with Crippen molar-refractivity contribution in [3.05, 3.63) is 70.2 Å². The average molecular weight is 300 g/mol. The number of benzene rings is 2. The summed E-state index contributed by atoms with van der Waals surface area (Å²) in [6, 6.07) is 17.6. The summed E-state index contributed by atoms with van der Waals surface area (Å²) in [6.45, 7) is 0. The lowest BCUT2D eigenvalue weighted by Gasteiger charge is -2.27. The predicted molar refractivity (Wildman–Crippen MR) is 90.0 cm³/mol. The smallest absolute Gasteiger partial charge is 0.0408 e. The van der Waals surface area contributed by atoms with Gasteiger partial charge in [0.05, 0.1) is 0 Å². The molecule has 21 heavy (non-hydrogen) atoms. The van der Waals surface area contributed by atoms with Gasteiger partial charge in [0.1, 0.15) is 0 Å². The molecule has 0 aromatic heterocycles. The minimum atomic E-state index is 0.337. The van der Waals surface area contributed by atoms with E-state index in [-0.39, 0.29) is 0 Å². The topological polar surface area (TPSA) is 12.0 Å². The highest BCUT2D eigenvalue weighted by Gasteiger charge is 2.20. The van der Waals surface area contributed by atoms with Crippen LogP contribution >= 0.6 is 11.6 Å². The molecule has 2 aromatic carbocycles. The van der Waals surface area contributed by atoms with Gasteiger partial charge in [-0.25, -0.2) is 0 Å². The van der Waals surface area contributed by atoms with Crippen LogP contribution in [0.2, 0.25) is 5.02 Å². The number of nitrogens with one attached hydrogen (secondary N) is 1. The molecule has 0 radical (unpaired) electrons. The van der Waals surface area contributed by atoms with Gasteiger partial charge in [0.2, 0.25) is 0 Å². The summed E-state index contributed by atoms with van der Waals surface area (Å²) in [6.07, 6.45) is 5.04. The van der Waals surface area contributed by atoms with E-state index in [1.54, 1.807) is 0 Å². The second-order valence-corrected chi connectivity index (χ2v) is 6.41. The van der Waals surface area contributed by atoms with Gasteiger partial charge in [-0.05, 0) is 61.1 Å². The Balaban J connectivity index is 1.79. The van der Waals surface area contributed by atoms with Crippen LogP contribution < -0.4 is 5.32 Å². The minimum Gasteiger partial charge on any atom is -0.313 e. The van der Waals surface area contributed by atoms with Crippen LogP contribution in [0.1, 0.15) is 47.9 Å². The molecule has 1 aliphatic carbocycles. The highest BCUT2D eigenvalue weighted by Crippen LogP contribution is 2.37. The summed E-state index contributed by atoms with van der Waals surface area (Å²) in [7, 11) is 2.03. The highest BCUT2D eigenvalue weighted by molar-refractivity contribution is 6.30. The van der Waals surface area contributed by atoms with Gasteiger partial charge in [0, 0.05) is 11.1 Å². The molecule has 0 saturated heterocycles. The van der Waals surface area contributed by atoms with Crippen molar-refractivity contribution in [3.63, 3.8) is 0 Å². The minimum absolute atomic E-state index is 0.337. The summed E-state index contributed by atoms with van der Waals surface area (Å²) in [4.78, 5) is 0. The van der Waals surface area contributed by atoms with E-state index in [0.29, 0.717) is 6.04 Å². The first kappa shape index (κ1) is 14.6. The van der Waals surface area contributed by atoms with E-state index in [1.807, 2.05) is 19.2 Å². The van der Waals surface area contributed by atoms with Gasteiger partial charge < -0.3 is 5.32 Å². The molecule has 1 saturated carbocycles. The quantitative estimate of drug-likeness (QED) is 0.809. The molecule has 0 bridgehead atoms. The van der Waals surface area contributed by atoms with Crippen LogP contribution in [0.15, 0.2) is 48.5 Å². The molecule has 3 rings (SSSR count). The number of hydrogen-bond acceptors (Lipinski definition) is 1. The third kappa shape index (κ3) is 3.48. The van der Waals surface area contributed by atoms with Crippen molar-refractivity contribution in [1.82, 2.24) is 5.32 Å². The first-order chi connectivity index (χ1) is 10.3. The zero-order valence-corrected chi connectivity index (χ0v) is 13.2. The van der Waals surface area contributed by atoms with Crippen LogP contribution in [0.5, 0.6) is 0 Å². The third-order valence-electron chi connectivity index (χ3n) is 4.57. The van der Waals surface area contributed by atoms with E-state index in [2.05, 4.69) is 41.7 Å². The van der Waals surface area contributed by atoms with Crippen molar-refractivity contribution in [2.45, 2.75) is 37.6 Å². The van der Waals surface area contributed by atoms with Gasteiger partial charge in [-0.2, -0.15) is 0 Å². The summed E-state index contributed by atoms with van der Waals surface area (Å²) >= 11 is 6.09. The predicted octanol–water partition coefficient (Wildman–Crippen LogP) is 5.11. The number of hydrogen-bond donors (Lipinski definition) is 1. The van der Waals surface area contributed by atoms with Crippen LogP contribution in [0.3, 0.4) is 0 Å².